The van der Waals surface area contributed by atoms with Crippen molar-refractivity contribution in [3.05, 3.63) is 27.3 Å². The Balaban J connectivity index is 2.22. The zero-order valence-electron chi connectivity index (χ0n) is 11.7. The van der Waals surface area contributed by atoms with Crippen LogP contribution in [0.4, 0.5) is 0 Å². The van der Waals surface area contributed by atoms with Gasteiger partial charge >= 0.3 is 0 Å². The molecule has 21 heavy (non-hydrogen) atoms. The maximum atomic E-state index is 11.0. The van der Waals surface area contributed by atoms with Gasteiger partial charge in [0.15, 0.2) is 5.17 Å². The minimum atomic E-state index is -1.11. The fourth-order valence-corrected chi connectivity index (χ4v) is 3.63. The number of nitrogens with one attached hydrogen (secondary N) is 2. The van der Waals surface area contributed by atoms with Gasteiger partial charge in [0.2, 0.25) is 0 Å². The van der Waals surface area contributed by atoms with Crippen molar-refractivity contribution in [2.75, 3.05) is 13.7 Å². The predicted octanol–water partition coefficient (Wildman–Crippen LogP) is 0.789. The molecule has 1 aliphatic rings. The molecule has 2 heterocycles. The summed E-state index contributed by atoms with van der Waals surface area (Å²) < 4.78 is 5.04. The first-order valence-corrected chi connectivity index (χ1v) is 8.03. The van der Waals surface area contributed by atoms with Crippen LogP contribution in [-0.4, -0.2) is 30.9 Å². The topological polar surface area (TPSA) is 85.8 Å². The van der Waals surface area contributed by atoms with Crippen molar-refractivity contribution in [1.29, 1.82) is 0 Å². The molecule has 114 valence electrons. The third kappa shape index (κ3) is 4.48. The van der Waals surface area contributed by atoms with Gasteiger partial charge in [-0.2, -0.15) is 0 Å². The number of aliphatic carboxylic acids is 1. The molecule has 8 heteroatoms. The summed E-state index contributed by atoms with van der Waals surface area (Å²) >= 11 is 2.84. The summed E-state index contributed by atoms with van der Waals surface area (Å²) in [5.41, 5.74) is 6.79. The Morgan fingerprint density at radius 2 is 2.33 bits per heavy atom. The number of carbonyl (C=O) groups excluding carboxylic acids is 1. The molecule has 0 bridgehead atoms. The Morgan fingerprint density at radius 1 is 1.52 bits per heavy atom. The molecule has 1 atom stereocenters. The summed E-state index contributed by atoms with van der Waals surface area (Å²) in [6, 6.07) is 3.83. The SMILES string of the molecule is COC[C@H](C)N=C1NNC(c2cccs2)=C(CC(=O)[O-])S1. The molecule has 2 N–H and O–H groups in total. The number of hydrogen-bond acceptors (Lipinski definition) is 7. The summed E-state index contributed by atoms with van der Waals surface area (Å²) in [6.07, 6.45) is -0.149. The molecule has 0 radical (unpaired) electrons. The second kappa shape index (κ2) is 7.48. The molecule has 1 aromatic rings. The minimum Gasteiger partial charge on any atom is -0.550 e. The average Bonchev–Trinajstić information content (AvgIpc) is 2.92. The summed E-state index contributed by atoms with van der Waals surface area (Å²) in [5, 5.41) is 13.5. The van der Waals surface area contributed by atoms with Gasteiger partial charge < -0.3 is 14.6 Å². The fraction of sp³-hybridized carbons (Fsp3) is 0.385. The molecule has 0 aliphatic carbocycles. The second-order valence-electron chi connectivity index (χ2n) is 4.41. The molecule has 0 unspecified atom stereocenters. The van der Waals surface area contributed by atoms with Crippen LogP contribution in [-0.2, 0) is 9.53 Å². The van der Waals surface area contributed by atoms with E-state index in [2.05, 4.69) is 15.8 Å². The third-order valence-electron chi connectivity index (χ3n) is 2.61. The predicted molar refractivity (Wildman–Crippen MR) is 83.5 cm³/mol. The standard InChI is InChI=1S/C13H17N3O3S2/c1-8(7-19-2)14-13-16-15-12(9-4-3-5-20-9)10(21-13)6-11(17)18/h3-5,8,15H,6-7H2,1-2H3,(H,14,16)(H,17,18)/p-1/t8-/m0/s1. The van der Waals surface area contributed by atoms with Gasteiger partial charge in [-0.3, -0.25) is 15.8 Å². The highest BCUT2D eigenvalue weighted by Crippen LogP contribution is 2.32. The maximum absolute atomic E-state index is 11.0. The summed E-state index contributed by atoms with van der Waals surface area (Å²) in [4.78, 5) is 17.0. The van der Waals surface area contributed by atoms with Crippen molar-refractivity contribution in [3.8, 4) is 0 Å². The van der Waals surface area contributed by atoms with E-state index in [0.29, 0.717) is 16.7 Å². The van der Waals surface area contributed by atoms with Crippen LogP contribution < -0.4 is 16.0 Å². The Kier molecular flexibility index (Phi) is 5.66. The molecule has 2 rings (SSSR count). The van der Waals surface area contributed by atoms with Crippen molar-refractivity contribution in [3.63, 3.8) is 0 Å². The van der Waals surface area contributed by atoms with Crippen LogP contribution in [0.5, 0.6) is 0 Å². The number of hydrazine groups is 1. The van der Waals surface area contributed by atoms with E-state index < -0.39 is 5.97 Å². The van der Waals surface area contributed by atoms with Gasteiger partial charge in [0, 0.05) is 24.4 Å². The van der Waals surface area contributed by atoms with Crippen LogP contribution >= 0.6 is 23.1 Å². The minimum absolute atomic E-state index is 0.0145. The second-order valence-corrected chi connectivity index (χ2v) is 6.45. The molecule has 0 aromatic carbocycles. The van der Waals surface area contributed by atoms with Crippen molar-refractivity contribution in [2.24, 2.45) is 4.99 Å². The molecule has 0 spiro atoms. The third-order valence-corrected chi connectivity index (χ3v) is 4.49. The molecule has 1 aromatic heterocycles. The lowest BCUT2D eigenvalue weighted by Gasteiger charge is -2.24. The van der Waals surface area contributed by atoms with Gasteiger partial charge in [-0.1, -0.05) is 17.8 Å². The number of carbonyl (C=O) groups is 1. The van der Waals surface area contributed by atoms with Crippen LogP contribution in [0.2, 0.25) is 0 Å². The Bertz CT molecular complexity index is 555. The zero-order valence-corrected chi connectivity index (χ0v) is 13.3. The van der Waals surface area contributed by atoms with E-state index in [1.165, 1.54) is 23.1 Å². The lowest BCUT2D eigenvalue weighted by molar-refractivity contribution is -0.304. The smallest absolute Gasteiger partial charge is 0.180 e. The number of ether oxygens (including phenoxy) is 1. The van der Waals surface area contributed by atoms with Gasteiger partial charge in [-0.25, -0.2) is 0 Å². The lowest BCUT2D eigenvalue weighted by Crippen LogP contribution is -2.39. The van der Waals surface area contributed by atoms with Gasteiger partial charge in [0.05, 0.1) is 23.2 Å². The number of aliphatic imine (C=N–C) groups is 1. The van der Waals surface area contributed by atoms with Crippen molar-refractivity contribution in [1.82, 2.24) is 10.9 Å². The maximum Gasteiger partial charge on any atom is 0.180 e. The van der Waals surface area contributed by atoms with Gasteiger partial charge in [-0.05, 0) is 18.4 Å². The fourth-order valence-electron chi connectivity index (χ4n) is 1.79. The average molecular weight is 326 g/mol. The van der Waals surface area contributed by atoms with E-state index in [9.17, 15) is 9.90 Å². The molecule has 0 amide bonds. The number of thiophene rings is 1. The van der Waals surface area contributed by atoms with Crippen LogP contribution in [0.15, 0.2) is 27.4 Å². The van der Waals surface area contributed by atoms with E-state index in [4.69, 9.17) is 4.74 Å². The zero-order chi connectivity index (χ0) is 15.2. The van der Waals surface area contributed by atoms with E-state index in [1.807, 2.05) is 24.4 Å². The van der Waals surface area contributed by atoms with Gasteiger partial charge in [-0.15, -0.1) is 11.3 Å². The number of amidine groups is 1. The first-order valence-electron chi connectivity index (χ1n) is 6.33. The number of methoxy groups -OCH3 is 1. The molecule has 0 saturated heterocycles. The largest absolute Gasteiger partial charge is 0.550 e. The molecular formula is C13H16N3O3S2-. The number of carboxylic acids is 1. The van der Waals surface area contributed by atoms with Gasteiger partial charge in [0.25, 0.3) is 0 Å². The lowest BCUT2D eigenvalue weighted by atomic mass is 10.3. The van der Waals surface area contributed by atoms with Crippen molar-refractivity contribution < 1.29 is 14.6 Å². The first-order chi connectivity index (χ1) is 10.1. The Hall–Kier alpha value is -1.51. The summed E-state index contributed by atoms with van der Waals surface area (Å²) in [6.45, 7) is 2.43. The summed E-state index contributed by atoms with van der Waals surface area (Å²) in [7, 11) is 1.62. The quantitative estimate of drug-likeness (QED) is 0.804. The van der Waals surface area contributed by atoms with Crippen LogP contribution in [0.1, 0.15) is 18.2 Å². The van der Waals surface area contributed by atoms with Crippen LogP contribution in [0, 0.1) is 0 Å². The Labute approximate surface area is 131 Å². The first kappa shape index (κ1) is 15.9. The van der Waals surface area contributed by atoms with Crippen LogP contribution in [0.25, 0.3) is 5.70 Å². The molecule has 0 fully saturated rings. The van der Waals surface area contributed by atoms with Crippen molar-refractivity contribution in [2.45, 2.75) is 19.4 Å². The van der Waals surface area contributed by atoms with Gasteiger partial charge in [0.1, 0.15) is 0 Å². The number of hydrogen-bond donors (Lipinski definition) is 2. The highest BCUT2D eigenvalue weighted by molar-refractivity contribution is 8.17. The summed E-state index contributed by atoms with van der Waals surface area (Å²) in [5.74, 6) is -1.11. The normalized spacial score (nSPS) is 18.3. The molecule has 0 saturated carbocycles. The number of thioether (sulfide) groups is 1. The molecular weight excluding hydrogens is 310 g/mol. The highest BCUT2D eigenvalue weighted by atomic mass is 32.2. The monoisotopic (exact) mass is 326 g/mol. The number of nitrogens with zero attached hydrogens (tertiary/aromatic N) is 1. The van der Waals surface area contributed by atoms with Crippen molar-refractivity contribution >= 4 is 39.9 Å². The van der Waals surface area contributed by atoms with Crippen LogP contribution in [0.3, 0.4) is 0 Å². The van der Waals surface area contributed by atoms with E-state index in [0.717, 1.165) is 10.6 Å². The van der Waals surface area contributed by atoms with E-state index in [1.54, 1.807) is 7.11 Å². The number of rotatable bonds is 6. The highest BCUT2D eigenvalue weighted by Gasteiger charge is 2.20. The number of carboxylic acid groups (broad SMARTS) is 1. The van der Waals surface area contributed by atoms with E-state index >= 15 is 0 Å². The van der Waals surface area contributed by atoms with E-state index in [-0.39, 0.29) is 12.5 Å². The Morgan fingerprint density at radius 3 is 2.95 bits per heavy atom. The molecule has 6 nitrogen and oxygen atoms in total. The molecule has 1 aliphatic heterocycles.